The number of anilines is 1. The lowest BCUT2D eigenvalue weighted by atomic mass is 9.98. The van der Waals surface area contributed by atoms with Gasteiger partial charge in [-0.3, -0.25) is 4.98 Å². The Morgan fingerprint density at radius 3 is 2.58 bits per heavy atom. The van der Waals surface area contributed by atoms with Crippen LogP contribution in [0.2, 0.25) is 0 Å². The summed E-state index contributed by atoms with van der Waals surface area (Å²) in [7, 11) is 1.66. The number of aryl methyl sites for hydroxylation is 1. The lowest BCUT2D eigenvalue weighted by molar-refractivity contribution is 0.0697. The van der Waals surface area contributed by atoms with Crippen LogP contribution in [0.3, 0.4) is 0 Å². The van der Waals surface area contributed by atoms with Gasteiger partial charge in [-0.05, 0) is 60.4 Å². The van der Waals surface area contributed by atoms with E-state index in [2.05, 4.69) is 27.4 Å². The van der Waals surface area contributed by atoms with E-state index in [1.807, 2.05) is 37.3 Å². The highest BCUT2D eigenvalue weighted by molar-refractivity contribution is 5.91. The molecule has 0 atom stereocenters. The van der Waals surface area contributed by atoms with E-state index in [-0.39, 0.29) is 5.56 Å². The topological polar surface area (TPSA) is 84.3 Å². The minimum Gasteiger partial charge on any atom is -0.497 e. The smallest absolute Gasteiger partial charge is 0.335 e. The zero-order chi connectivity index (χ0) is 21.8. The van der Waals surface area contributed by atoms with Gasteiger partial charge in [0.1, 0.15) is 11.6 Å². The predicted octanol–water partition coefficient (Wildman–Crippen LogP) is 4.97. The number of nitrogens with one attached hydrogen (secondary N) is 1. The summed E-state index contributed by atoms with van der Waals surface area (Å²) in [5, 5.41) is 13.5. The van der Waals surface area contributed by atoms with Gasteiger partial charge in [0.15, 0.2) is 0 Å². The lowest BCUT2D eigenvalue weighted by Crippen LogP contribution is -2.06. The molecular weight excluding hydrogens is 390 g/mol. The first-order valence-corrected chi connectivity index (χ1v) is 10.0. The fourth-order valence-corrected chi connectivity index (χ4v) is 3.46. The van der Waals surface area contributed by atoms with E-state index in [9.17, 15) is 9.90 Å². The average molecular weight is 413 g/mol. The number of pyridine rings is 2. The molecule has 2 heterocycles. The molecular formula is C25H23N3O3. The van der Waals surface area contributed by atoms with Crippen molar-refractivity contribution in [2.45, 2.75) is 13.3 Å². The third kappa shape index (κ3) is 4.64. The van der Waals surface area contributed by atoms with Gasteiger partial charge in [0.05, 0.1) is 18.2 Å². The van der Waals surface area contributed by atoms with E-state index in [4.69, 9.17) is 4.74 Å². The fraction of sp³-hybridized carbons (Fsp3) is 0.160. The molecule has 0 unspecified atom stereocenters. The van der Waals surface area contributed by atoms with Crippen molar-refractivity contribution in [2.24, 2.45) is 0 Å². The molecule has 31 heavy (non-hydrogen) atoms. The summed E-state index contributed by atoms with van der Waals surface area (Å²) in [6.07, 6.45) is 4.44. The highest BCUT2D eigenvalue weighted by atomic mass is 16.5. The highest BCUT2D eigenvalue weighted by Crippen LogP contribution is 2.27. The summed E-state index contributed by atoms with van der Waals surface area (Å²) in [5.41, 5.74) is 5.03. The number of ether oxygens (including phenoxy) is 1. The summed E-state index contributed by atoms with van der Waals surface area (Å²) in [6.45, 7) is 2.71. The highest BCUT2D eigenvalue weighted by Gasteiger charge is 2.10. The van der Waals surface area contributed by atoms with Gasteiger partial charge in [0.25, 0.3) is 0 Å². The van der Waals surface area contributed by atoms with E-state index in [1.165, 1.54) is 5.56 Å². The maximum Gasteiger partial charge on any atom is 0.335 e. The van der Waals surface area contributed by atoms with Crippen molar-refractivity contribution in [3.05, 3.63) is 83.7 Å². The lowest BCUT2D eigenvalue weighted by Gasteiger charge is -2.10. The first kappa shape index (κ1) is 20.3. The van der Waals surface area contributed by atoms with Crippen LogP contribution in [-0.2, 0) is 6.42 Å². The van der Waals surface area contributed by atoms with Gasteiger partial charge in [-0.25, -0.2) is 9.78 Å². The molecule has 4 aromatic rings. The van der Waals surface area contributed by atoms with Crippen LogP contribution < -0.4 is 10.1 Å². The third-order valence-corrected chi connectivity index (χ3v) is 5.24. The molecule has 0 aliphatic rings. The summed E-state index contributed by atoms with van der Waals surface area (Å²) in [5.74, 6) is 0.676. The van der Waals surface area contributed by atoms with Crippen molar-refractivity contribution in [3.63, 3.8) is 0 Å². The van der Waals surface area contributed by atoms with Crippen LogP contribution in [0.5, 0.6) is 5.75 Å². The van der Waals surface area contributed by atoms with Crippen LogP contribution in [0.4, 0.5) is 5.82 Å². The van der Waals surface area contributed by atoms with Crippen LogP contribution in [0, 0.1) is 6.92 Å². The van der Waals surface area contributed by atoms with Crippen molar-refractivity contribution in [1.29, 1.82) is 0 Å². The molecule has 0 spiro atoms. The van der Waals surface area contributed by atoms with Gasteiger partial charge in [-0.2, -0.15) is 0 Å². The summed E-state index contributed by atoms with van der Waals surface area (Å²) in [4.78, 5) is 20.4. The van der Waals surface area contributed by atoms with Crippen LogP contribution in [0.25, 0.3) is 22.0 Å². The second kappa shape index (κ2) is 8.83. The SMILES string of the molecule is COc1ccc(CCNc2cc3ncc(-c4cc(C(=O)O)ccc4C)cc3cn2)cc1. The Bertz CT molecular complexity index is 1240. The monoisotopic (exact) mass is 413 g/mol. The van der Waals surface area contributed by atoms with Crippen LogP contribution in [0.15, 0.2) is 67.0 Å². The largest absolute Gasteiger partial charge is 0.497 e. The summed E-state index contributed by atoms with van der Waals surface area (Å²) in [6, 6.07) is 17.1. The Balaban J connectivity index is 1.49. The minimum atomic E-state index is -0.943. The normalized spacial score (nSPS) is 10.8. The standard InChI is InChI=1S/C25H23N3O3/c1-16-3-6-18(25(29)30)12-22(16)19-11-20-15-28-24(13-23(20)27-14-19)26-10-9-17-4-7-21(31-2)8-5-17/h3-8,11-15H,9-10H2,1-2H3,(H,26,28)(H,29,30). The zero-order valence-corrected chi connectivity index (χ0v) is 17.4. The zero-order valence-electron chi connectivity index (χ0n) is 17.4. The number of benzene rings is 2. The molecule has 4 rings (SSSR count). The van der Waals surface area contributed by atoms with Gasteiger partial charge in [-0.1, -0.05) is 18.2 Å². The Kier molecular flexibility index (Phi) is 5.80. The first-order chi connectivity index (χ1) is 15.0. The van der Waals surface area contributed by atoms with Crippen LogP contribution >= 0.6 is 0 Å². The Morgan fingerprint density at radius 2 is 1.84 bits per heavy atom. The summed E-state index contributed by atoms with van der Waals surface area (Å²) >= 11 is 0. The maximum atomic E-state index is 11.3. The Hall–Kier alpha value is -3.93. The van der Waals surface area contributed by atoms with Crippen molar-refractivity contribution >= 4 is 22.7 Å². The number of carboxylic acid groups (broad SMARTS) is 1. The number of aromatic carboxylic acids is 1. The molecule has 2 aromatic carbocycles. The third-order valence-electron chi connectivity index (χ3n) is 5.24. The molecule has 0 radical (unpaired) electrons. The number of nitrogens with zero attached hydrogens (tertiary/aromatic N) is 2. The molecule has 6 nitrogen and oxygen atoms in total. The van der Waals surface area contributed by atoms with Crippen molar-refractivity contribution in [3.8, 4) is 16.9 Å². The molecule has 0 bridgehead atoms. The second-order valence-electron chi connectivity index (χ2n) is 7.35. The molecule has 0 saturated heterocycles. The van der Waals surface area contributed by atoms with E-state index >= 15 is 0 Å². The fourth-order valence-electron chi connectivity index (χ4n) is 3.46. The quantitative estimate of drug-likeness (QED) is 0.445. The number of fused-ring (bicyclic) bond motifs is 1. The molecule has 0 aliphatic carbocycles. The number of methoxy groups -OCH3 is 1. The number of rotatable bonds is 7. The van der Waals surface area contributed by atoms with E-state index in [0.717, 1.165) is 52.1 Å². The predicted molar refractivity (Wildman–Crippen MR) is 122 cm³/mol. The van der Waals surface area contributed by atoms with E-state index < -0.39 is 5.97 Å². The minimum absolute atomic E-state index is 0.259. The molecule has 0 fully saturated rings. The molecule has 2 N–H and O–H groups in total. The number of hydrogen-bond donors (Lipinski definition) is 2. The van der Waals surface area contributed by atoms with Gasteiger partial charge >= 0.3 is 5.97 Å². The van der Waals surface area contributed by atoms with Crippen molar-refractivity contribution < 1.29 is 14.6 Å². The molecule has 156 valence electrons. The van der Waals surface area contributed by atoms with E-state index in [1.54, 1.807) is 31.6 Å². The Labute approximate surface area is 180 Å². The van der Waals surface area contributed by atoms with Crippen molar-refractivity contribution in [2.75, 3.05) is 19.0 Å². The number of carbonyl (C=O) groups is 1. The van der Waals surface area contributed by atoms with Gasteiger partial charge < -0.3 is 15.2 Å². The second-order valence-corrected chi connectivity index (χ2v) is 7.35. The first-order valence-electron chi connectivity index (χ1n) is 10.0. The number of aromatic nitrogens is 2. The Morgan fingerprint density at radius 1 is 1.03 bits per heavy atom. The van der Waals surface area contributed by atoms with Gasteiger partial charge in [-0.15, -0.1) is 0 Å². The summed E-state index contributed by atoms with van der Waals surface area (Å²) < 4.78 is 5.18. The number of hydrogen-bond acceptors (Lipinski definition) is 5. The maximum absolute atomic E-state index is 11.3. The molecule has 0 aliphatic heterocycles. The number of carboxylic acids is 1. The van der Waals surface area contributed by atoms with Crippen LogP contribution in [0.1, 0.15) is 21.5 Å². The van der Waals surface area contributed by atoms with E-state index in [0.29, 0.717) is 0 Å². The van der Waals surface area contributed by atoms with Crippen LogP contribution in [-0.4, -0.2) is 34.7 Å². The van der Waals surface area contributed by atoms with Gasteiger partial charge in [0.2, 0.25) is 0 Å². The molecule has 2 aromatic heterocycles. The van der Waals surface area contributed by atoms with Crippen molar-refractivity contribution in [1.82, 2.24) is 9.97 Å². The molecule has 0 saturated carbocycles. The van der Waals surface area contributed by atoms with Gasteiger partial charge in [0, 0.05) is 36.0 Å². The molecule has 0 amide bonds. The molecule has 6 heteroatoms. The average Bonchev–Trinajstić information content (AvgIpc) is 2.79.